The first-order valence-electron chi connectivity index (χ1n) is 3.83. The van der Waals surface area contributed by atoms with Crippen LogP contribution in [0.25, 0.3) is 0 Å². The van der Waals surface area contributed by atoms with Crippen molar-refractivity contribution < 1.29 is 9.84 Å². The molecule has 2 aliphatic rings. The Kier molecular flexibility index (Phi) is 1.58. The van der Waals surface area contributed by atoms with Gasteiger partial charge in [0.25, 0.3) is 0 Å². The summed E-state index contributed by atoms with van der Waals surface area (Å²) in [6.07, 6.45) is 4.17. The molecule has 0 fully saturated rings. The zero-order valence-corrected chi connectivity index (χ0v) is 6.21. The number of hydrogen-bond acceptors (Lipinski definition) is 3. The predicted molar refractivity (Wildman–Crippen MR) is 40.7 cm³/mol. The summed E-state index contributed by atoms with van der Waals surface area (Å²) in [5.41, 5.74) is 0.940. The number of ether oxygens (including phenoxy) is 1. The summed E-state index contributed by atoms with van der Waals surface area (Å²) in [5.74, 6) is 0.801. The van der Waals surface area contributed by atoms with Crippen molar-refractivity contribution in [3.63, 3.8) is 0 Å². The normalized spacial score (nSPS) is 29.0. The molecular formula is C8H11NO2. The third kappa shape index (κ3) is 1.12. The molecule has 1 atom stereocenters. The minimum Gasteiger partial charge on any atom is -0.488 e. The zero-order valence-electron chi connectivity index (χ0n) is 6.21. The van der Waals surface area contributed by atoms with Crippen LogP contribution in [0, 0.1) is 0 Å². The summed E-state index contributed by atoms with van der Waals surface area (Å²) in [6.45, 7) is 1.41. The molecule has 0 aromatic carbocycles. The molecular weight excluding hydrogens is 142 g/mol. The zero-order chi connectivity index (χ0) is 7.68. The Balaban J connectivity index is 2.26. The Morgan fingerprint density at radius 3 is 3.45 bits per heavy atom. The molecule has 2 N–H and O–H groups in total. The lowest BCUT2D eigenvalue weighted by atomic mass is 10.1. The van der Waals surface area contributed by atoms with E-state index in [1.165, 1.54) is 0 Å². The van der Waals surface area contributed by atoms with Crippen molar-refractivity contribution in [1.82, 2.24) is 5.32 Å². The lowest BCUT2D eigenvalue weighted by Gasteiger charge is -2.07. The largest absolute Gasteiger partial charge is 0.488 e. The van der Waals surface area contributed by atoms with Crippen molar-refractivity contribution in [1.29, 1.82) is 0 Å². The van der Waals surface area contributed by atoms with Crippen LogP contribution in [0.1, 0.15) is 6.42 Å². The van der Waals surface area contributed by atoms with Crippen LogP contribution in [0.2, 0.25) is 0 Å². The summed E-state index contributed by atoms with van der Waals surface area (Å²) in [6, 6.07) is 0. The van der Waals surface area contributed by atoms with Crippen molar-refractivity contribution in [2.75, 3.05) is 13.2 Å². The first-order valence-corrected chi connectivity index (χ1v) is 3.83. The van der Waals surface area contributed by atoms with E-state index in [-0.39, 0.29) is 6.10 Å². The van der Waals surface area contributed by atoms with Gasteiger partial charge in [-0.3, -0.25) is 0 Å². The van der Waals surface area contributed by atoms with E-state index in [0.717, 1.165) is 24.3 Å². The molecule has 0 saturated heterocycles. The van der Waals surface area contributed by atoms with E-state index in [0.29, 0.717) is 6.61 Å². The van der Waals surface area contributed by atoms with E-state index in [1.807, 2.05) is 12.3 Å². The molecule has 3 heteroatoms. The molecule has 0 radical (unpaired) electrons. The average molecular weight is 153 g/mol. The molecule has 11 heavy (non-hydrogen) atoms. The van der Waals surface area contributed by atoms with Gasteiger partial charge in [-0.15, -0.1) is 0 Å². The smallest absolute Gasteiger partial charge is 0.140 e. The Bertz CT molecular complexity index is 220. The topological polar surface area (TPSA) is 41.5 Å². The highest BCUT2D eigenvalue weighted by molar-refractivity contribution is 5.33. The van der Waals surface area contributed by atoms with Gasteiger partial charge in [0.2, 0.25) is 0 Å². The van der Waals surface area contributed by atoms with Gasteiger partial charge in [0, 0.05) is 18.3 Å². The second-order valence-corrected chi connectivity index (χ2v) is 2.74. The molecule has 0 aromatic rings. The highest BCUT2D eigenvalue weighted by Crippen LogP contribution is 2.24. The van der Waals surface area contributed by atoms with Crippen LogP contribution in [-0.2, 0) is 4.74 Å². The van der Waals surface area contributed by atoms with Gasteiger partial charge in [0.1, 0.15) is 12.4 Å². The molecule has 0 aromatic heterocycles. The second kappa shape index (κ2) is 2.58. The lowest BCUT2D eigenvalue weighted by molar-refractivity contribution is 0.196. The number of nitrogens with one attached hydrogen (secondary N) is 1. The van der Waals surface area contributed by atoms with Gasteiger partial charge < -0.3 is 15.2 Å². The van der Waals surface area contributed by atoms with Crippen LogP contribution in [-0.4, -0.2) is 24.4 Å². The summed E-state index contributed by atoms with van der Waals surface area (Å²) >= 11 is 0. The van der Waals surface area contributed by atoms with Crippen molar-refractivity contribution in [3.05, 3.63) is 23.6 Å². The molecule has 2 rings (SSSR count). The molecule has 2 heterocycles. The summed E-state index contributed by atoms with van der Waals surface area (Å²) < 4.78 is 5.25. The fraction of sp³-hybridized carbons (Fsp3) is 0.500. The molecule has 1 unspecified atom stereocenters. The van der Waals surface area contributed by atoms with Gasteiger partial charge in [-0.25, -0.2) is 0 Å². The lowest BCUT2D eigenvalue weighted by Crippen LogP contribution is -2.13. The van der Waals surface area contributed by atoms with E-state index in [2.05, 4.69) is 5.32 Å². The molecule has 0 saturated carbocycles. The maximum Gasteiger partial charge on any atom is 0.140 e. The minimum absolute atomic E-state index is 0.348. The Hall–Kier alpha value is -0.960. The van der Waals surface area contributed by atoms with E-state index in [1.54, 1.807) is 0 Å². The molecule has 0 spiro atoms. The standard InChI is InChI=1S/C8H11NO2/c10-7-1-3-9-5-8-6(7)2-4-11-8/h2,5,7,9-10H,1,3-4H2. The van der Waals surface area contributed by atoms with E-state index in [4.69, 9.17) is 4.74 Å². The predicted octanol–water partition coefficient (Wildman–Crippen LogP) is 0.139. The molecule has 0 aliphatic carbocycles. The maximum absolute atomic E-state index is 9.53. The van der Waals surface area contributed by atoms with Gasteiger partial charge in [0.05, 0.1) is 6.10 Å². The Morgan fingerprint density at radius 2 is 2.55 bits per heavy atom. The van der Waals surface area contributed by atoms with E-state index >= 15 is 0 Å². The number of aliphatic hydroxyl groups is 1. The van der Waals surface area contributed by atoms with Gasteiger partial charge in [-0.05, 0) is 12.5 Å². The molecule has 2 aliphatic heterocycles. The van der Waals surface area contributed by atoms with Crippen LogP contribution in [0.15, 0.2) is 23.6 Å². The first kappa shape index (κ1) is 6.73. The number of hydrogen-bond donors (Lipinski definition) is 2. The third-order valence-electron chi connectivity index (χ3n) is 1.98. The van der Waals surface area contributed by atoms with Crippen LogP contribution in [0.4, 0.5) is 0 Å². The SMILES string of the molecule is OC1CCNC=C2OCC=C21. The Labute approximate surface area is 65.4 Å². The fourth-order valence-electron chi connectivity index (χ4n) is 1.37. The van der Waals surface area contributed by atoms with E-state index < -0.39 is 0 Å². The number of aliphatic hydroxyl groups excluding tert-OH is 1. The quantitative estimate of drug-likeness (QED) is 0.520. The summed E-state index contributed by atoms with van der Waals surface area (Å²) in [7, 11) is 0. The first-order chi connectivity index (χ1) is 5.38. The number of fused-ring (bicyclic) bond motifs is 1. The van der Waals surface area contributed by atoms with Crippen molar-refractivity contribution in [2.45, 2.75) is 12.5 Å². The van der Waals surface area contributed by atoms with Crippen molar-refractivity contribution in [2.24, 2.45) is 0 Å². The highest BCUT2D eigenvalue weighted by atomic mass is 16.5. The third-order valence-corrected chi connectivity index (χ3v) is 1.98. The van der Waals surface area contributed by atoms with Gasteiger partial charge in [-0.1, -0.05) is 0 Å². The Morgan fingerprint density at radius 1 is 1.64 bits per heavy atom. The molecule has 0 bridgehead atoms. The number of rotatable bonds is 0. The van der Waals surface area contributed by atoms with Crippen LogP contribution in [0.3, 0.4) is 0 Å². The van der Waals surface area contributed by atoms with Gasteiger partial charge in [0.15, 0.2) is 0 Å². The van der Waals surface area contributed by atoms with Crippen molar-refractivity contribution in [3.8, 4) is 0 Å². The van der Waals surface area contributed by atoms with Gasteiger partial charge in [-0.2, -0.15) is 0 Å². The molecule has 60 valence electrons. The fourth-order valence-corrected chi connectivity index (χ4v) is 1.37. The van der Waals surface area contributed by atoms with E-state index in [9.17, 15) is 5.11 Å². The monoisotopic (exact) mass is 153 g/mol. The van der Waals surface area contributed by atoms with Crippen LogP contribution in [0.5, 0.6) is 0 Å². The molecule has 3 nitrogen and oxygen atoms in total. The molecule has 0 amide bonds. The summed E-state index contributed by atoms with van der Waals surface area (Å²) in [4.78, 5) is 0. The maximum atomic E-state index is 9.53. The second-order valence-electron chi connectivity index (χ2n) is 2.74. The van der Waals surface area contributed by atoms with Crippen LogP contribution < -0.4 is 5.32 Å². The average Bonchev–Trinajstić information content (AvgIpc) is 2.40. The van der Waals surface area contributed by atoms with Gasteiger partial charge >= 0.3 is 0 Å². The van der Waals surface area contributed by atoms with Crippen LogP contribution >= 0.6 is 0 Å². The highest BCUT2D eigenvalue weighted by Gasteiger charge is 2.22. The summed E-state index contributed by atoms with van der Waals surface area (Å²) in [5, 5.41) is 12.6. The minimum atomic E-state index is -0.348. The van der Waals surface area contributed by atoms with Crippen molar-refractivity contribution >= 4 is 0 Å².